The summed E-state index contributed by atoms with van der Waals surface area (Å²) < 4.78 is 5.58. The van der Waals surface area contributed by atoms with E-state index in [9.17, 15) is 9.59 Å². The molecule has 2 aromatic rings. The summed E-state index contributed by atoms with van der Waals surface area (Å²) in [5.74, 6) is -0.366. The normalized spacial score (nSPS) is 20.2. The van der Waals surface area contributed by atoms with E-state index in [-0.39, 0.29) is 24.0 Å². The molecular weight excluding hydrogens is 326 g/mol. The van der Waals surface area contributed by atoms with Crippen LogP contribution >= 0.6 is 0 Å². The molecule has 2 aliphatic rings. The van der Waals surface area contributed by atoms with E-state index in [1.165, 1.54) is 19.3 Å². The molecule has 0 radical (unpaired) electrons. The van der Waals surface area contributed by atoms with Gasteiger partial charge in [-0.05, 0) is 42.2 Å². The van der Waals surface area contributed by atoms with Gasteiger partial charge in [0.1, 0.15) is 6.10 Å². The summed E-state index contributed by atoms with van der Waals surface area (Å²) in [7, 11) is 0. The van der Waals surface area contributed by atoms with Crippen molar-refractivity contribution in [2.45, 2.75) is 50.7 Å². The van der Waals surface area contributed by atoms with Crippen LogP contribution in [0.25, 0.3) is 0 Å². The molecule has 134 valence electrons. The van der Waals surface area contributed by atoms with Crippen LogP contribution in [0.5, 0.6) is 0 Å². The third-order valence-corrected chi connectivity index (χ3v) is 5.35. The SMILES string of the molecule is O=C(NC1CCCCC1)c1ccc2c(c1)C[C@@H](c1ccccc1)OC2=O. The summed E-state index contributed by atoms with van der Waals surface area (Å²) in [6.45, 7) is 0. The Morgan fingerprint density at radius 1 is 1.00 bits per heavy atom. The number of rotatable bonds is 3. The Bertz CT molecular complexity index is 809. The number of esters is 1. The largest absolute Gasteiger partial charge is 0.454 e. The van der Waals surface area contributed by atoms with E-state index in [0.29, 0.717) is 17.5 Å². The summed E-state index contributed by atoms with van der Waals surface area (Å²) in [5, 5.41) is 3.14. The van der Waals surface area contributed by atoms with Gasteiger partial charge < -0.3 is 10.1 Å². The molecule has 4 nitrogen and oxygen atoms in total. The maximum atomic E-state index is 12.6. The standard InChI is InChI=1S/C22H23NO3/c24-21(23-18-9-5-2-6-10-18)16-11-12-19-17(13-16)14-20(26-22(19)25)15-7-3-1-4-8-15/h1,3-4,7-8,11-13,18,20H,2,5-6,9-10,14H2,(H,23,24)/t20-/m0/s1. The molecule has 0 bridgehead atoms. The fourth-order valence-electron chi connectivity index (χ4n) is 3.91. The van der Waals surface area contributed by atoms with Crippen molar-refractivity contribution >= 4 is 11.9 Å². The number of nitrogens with one attached hydrogen (secondary N) is 1. The Balaban J connectivity index is 1.54. The van der Waals surface area contributed by atoms with Crippen LogP contribution in [0.3, 0.4) is 0 Å². The number of hydrogen-bond acceptors (Lipinski definition) is 3. The third-order valence-electron chi connectivity index (χ3n) is 5.35. The number of cyclic esters (lactones) is 1. The molecule has 0 unspecified atom stereocenters. The van der Waals surface area contributed by atoms with E-state index >= 15 is 0 Å². The first-order valence-corrected chi connectivity index (χ1v) is 9.40. The second-order valence-corrected chi connectivity index (χ2v) is 7.19. The van der Waals surface area contributed by atoms with Gasteiger partial charge in [-0.15, -0.1) is 0 Å². The van der Waals surface area contributed by atoms with Gasteiger partial charge in [0.25, 0.3) is 5.91 Å². The minimum atomic E-state index is -0.320. The fourth-order valence-corrected chi connectivity index (χ4v) is 3.91. The van der Waals surface area contributed by atoms with Crippen molar-refractivity contribution in [1.29, 1.82) is 0 Å². The van der Waals surface area contributed by atoms with E-state index in [4.69, 9.17) is 4.74 Å². The van der Waals surface area contributed by atoms with Crippen LogP contribution in [0.4, 0.5) is 0 Å². The molecule has 1 heterocycles. The lowest BCUT2D eigenvalue weighted by Crippen LogP contribution is -2.36. The highest BCUT2D eigenvalue weighted by molar-refractivity contribution is 5.98. The van der Waals surface area contributed by atoms with E-state index in [2.05, 4.69) is 5.32 Å². The van der Waals surface area contributed by atoms with Gasteiger partial charge in [0.15, 0.2) is 0 Å². The molecule has 0 saturated heterocycles. The zero-order valence-corrected chi connectivity index (χ0v) is 14.7. The Morgan fingerprint density at radius 3 is 2.54 bits per heavy atom. The lowest BCUT2D eigenvalue weighted by atomic mass is 9.92. The van der Waals surface area contributed by atoms with Crippen molar-refractivity contribution in [3.8, 4) is 0 Å². The second kappa shape index (κ2) is 7.32. The molecule has 2 aromatic carbocycles. The monoisotopic (exact) mass is 349 g/mol. The van der Waals surface area contributed by atoms with Crippen molar-refractivity contribution < 1.29 is 14.3 Å². The number of hydrogen-bond donors (Lipinski definition) is 1. The van der Waals surface area contributed by atoms with E-state index in [0.717, 1.165) is 24.0 Å². The first kappa shape index (κ1) is 16.8. The number of fused-ring (bicyclic) bond motifs is 1. The smallest absolute Gasteiger partial charge is 0.339 e. The van der Waals surface area contributed by atoms with Gasteiger partial charge >= 0.3 is 5.97 Å². The predicted molar refractivity (Wildman–Crippen MR) is 99.1 cm³/mol. The van der Waals surface area contributed by atoms with E-state index in [1.54, 1.807) is 12.1 Å². The Morgan fingerprint density at radius 2 is 1.77 bits per heavy atom. The number of ether oxygens (including phenoxy) is 1. The molecule has 1 aliphatic heterocycles. The van der Waals surface area contributed by atoms with Gasteiger partial charge in [-0.3, -0.25) is 4.79 Å². The predicted octanol–water partition coefficient (Wildman–Crippen LogP) is 4.20. The Labute approximate surface area is 153 Å². The number of carbonyl (C=O) groups is 2. The highest BCUT2D eigenvalue weighted by Crippen LogP contribution is 2.31. The zero-order chi connectivity index (χ0) is 17.9. The molecule has 1 aliphatic carbocycles. The number of amides is 1. The average Bonchev–Trinajstić information content (AvgIpc) is 2.69. The van der Waals surface area contributed by atoms with Gasteiger partial charge in [-0.2, -0.15) is 0 Å². The molecule has 1 saturated carbocycles. The zero-order valence-electron chi connectivity index (χ0n) is 14.7. The van der Waals surface area contributed by atoms with E-state index in [1.807, 2.05) is 36.4 Å². The fraction of sp³-hybridized carbons (Fsp3) is 0.364. The van der Waals surface area contributed by atoms with Gasteiger partial charge in [-0.1, -0.05) is 49.6 Å². The molecule has 1 atom stereocenters. The summed E-state index contributed by atoms with van der Waals surface area (Å²) in [6, 6.07) is 15.3. The van der Waals surface area contributed by atoms with Crippen LogP contribution in [0, 0.1) is 0 Å². The topological polar surface area (TPSA) is 55.4 Å². The third kappa shape index (κ3) is 3.50. The summed E-state index contributed by atoms with van der Waals surface area (Å²) in [5.41, 5.74) is 3.04. The highest BCUT2D eigenvalue weighted by Gasteiger charge is 2.28. The van der Waals surface area contributed by atoms with Gasteiger partial charge in [0, 0.05) is 18.0 Å². The van der Waals surface area contributed by atoms with Crippen LogP contribution < -0.4 is 5.32 Å². The van der Waals surface area contributed by atoms with Gasteiger partial charge in [0.05, 0.1) is 5.56 Å². The van der Waals surface area contributed by atoms with E-state index < -0.39 is 0 Å². The van der Waals surface area contributed by atoms with Crippen molar-refractivity contribution in [1.82, 2.24) is 5.32 Å². The second-order valence-electron chi connectivity index (χ2n) is 7.19. The van der Waals surface area contributed by atoms with Crippen molar-refractivity contribution in [3.63, 3.8) is 0 Å². The van der Waals surface area contributed by atoms with Crippen LogP contribution in [0.15, 0.2) is 48.5 Å². The minimum absolute atomic E-state index is 0.0464. The molecule has 4 rings (SSSR count). The van der Waals surface area contributed by atoms with Crippen molar-refractivity contribution in [2.75, 3.05) is 0 Å². The molecule has 26 heavy (non-hydrogen) atoms. The number of benzene rings is 2. The molecule has 0 spiro atoms. The van der Waals surface area contributed by atoms with Gasteiger partial charge in [-0.25, -0.2) is 4.79 Å². The summed E-state index contributed by atoms with van der Waals surface area (Å²) >= 11 is 0. The molecule has 1 N–H and O–H groups in total. The van der Waals surface area contributed by atoms with Crippen molar-refractivity contribution in [3.05, 3.63) is 70.8 Å². The minimum Gasteiger partial charge on any atom is -0.454 e. The molecule has 1 amide bonds. The molecule has 1 fully saturated rings. The lowest BCUT2D eigenvalue weighted by Gasteiger charge is -2.26. The van der Waals surface area contributed by atoms with Crippen LogP contribution in [-0.2, 0) is 11.2 Å². The summed E-state index contributed by atoms with van der Waals surface area (Å²) in [4.78, 5) is 24.9. The Hall–Kier alpha value is -2.62. The quantitative estimate of drug-likeness (QED) is 0.845. The molecular formula is C22H23NO3. The summed E-state index contributed by atoms with van der Waals surface area (Å²) in [6.07, 6.45) is 6.02. The first-order chi connectivity index (χ1) is 12.7. The lowest BCUT2D eigenvalue weighted by molar-refractivity contribution is 0.0252. The molecule has 0 aromatic heterocycles. The molecule has 4 heteroatoms. The average molecular weight is 349 g/mol. The van der Waals surface area contributed by atoms with Crippen molar-refractivity contribution in [2.24, 2.45) is 0 Å². The van der Waals surface area contributed by atoms with Crippen LogP contribution in [0.2, 0.25) is 0 Å². The highest BCUT2D eigenvalue weighted by atomic mass is 16.5. The Kier molecular flexibility index (Phi) is 4.74. The van der Waals surface area contributed by atoms with Crippen LogP contribution in [-0.4, -0.2) is 17.9 Å². The first-order valence-electron chi connectivity index (χ1n) is 9.40. The number of carbonyl (C=O) groups excluding carboxylic acids is 2. The van der Waals surface area contributed by atoms with Gasteiger partial charge in [0.2, 0.25) is 0 Å². The van der Waals surface area contributed by atoms with Crippen LogP contribution in [0.1, 0.15) is 70.1 Å². The maximum absolute atomic E-state index is 12.6. The maximum Gasteiger partial charge on any atom is 0.339 e.